The third-order valence-corrected chi connectivity index (χ3v) is 6.15. The lowest BCUT2D eigenvalue weighted by Gasteiger charge is -2.32. The average molecular weight is 465 g/mol. The fourth-order valence-corrected chi connectivity index (χ4v) is 4.36. The van der Waals surface area contributed by atoms with E-state index in [4.69, 9.17) is 0 Å². The highest BCUT2D eigenvalue weighted by molar-refractivity contribution is 5.94. The molecule has 174 valence electrons. The third kappa shape index (κ3) is 4.33. The van der Waals surface area contributed by atoms with Crippen LogP contribution in [0.2, 0.25) is 0 Å². The van der Waals surface area contributed by atoms with Crippen LogP contribution >= 0.6 is 0 Å². The van der Waals surface area contributed by atoms with Gasteiger partial charge in [-0.25, -0.2) is 9.48 Å². The van der Waals surface area contributed by atoms with Gasteiger partial charge in [0.2, 0.25) is 0 Å². The van der Waals surface area contributed by atoms with E-state index in [-0.39, 0.29) is 17.6 Å². The molecule has 1 fully saturated rings. The van der Waals surface area contributed by atoms with Crippen LogP contribution in [0.5, 0.6) is 0 Å². The van der Waals surface area contributed by atoms with Gasteiger partial charge in [0.25, 0.3) is 0 Å². The molecule has 2 heterocycles. The van der Waals surface area contributed by atoms with Gasteiger partial charge in [-0.1, -0.05) is 53.7 Å². The molecule has 4 aromatic rings. The second kappa shape index (κ2) is 8.81. The van der Waals surface area contributed by atoms with E-state index in [0.717, 1.165) is 28.9 Å². The Balaban J connectivity index is 1.26. The van der Waals surface area contributed by atoms with Crippen molar-refractivity contribution in [3.63, 3.8) is 0 Å². The molecule has 0 spiro atoms. The molecule has 1 aliphatic heterocycles. The number of carbonyl (C=O) groups is 1. The number of benzene rings is 3. The molecular formula is C25H22F3N5O. The summed E-state index contributed by atoms with van der Waals surface area (Å²) in [6.07, 6.45) is -3.16. The molecule has 1 N–H and O–H groups in total. The molecule has 0 aliphatic carbocycles. The first-order valence-electron chi connectivity index (χ1n) is 11.0. The SMILES string of the molecule is O=C(Nc1ccccc1-c1ccccc1)N1CCC(n2nnc3cc(C(F)(F)F)ccc32)CC1. The lowest BCUT2D eigenvalue weighted by atomic mass is 10.0. The Labute approximate surface area is 194 Å². The first-order valence-corrected chi connectivity index (χ1v) is 11.0. The highest BCUT2D eigenvalue weighted by atomic mass is 19.4. The number of para-hydroxylation sites is 1. The van der Waals surface area contributed by atoms with Crippen LogP contribution in [0.15, 0.2) is 72.8 Å². The van der Waals surface area contributed by atoms with Crippen molar-refractivity contribution in [2.75, 3.05) is 18.4 Å². The van der Waals surface area contributed by atoms with Gasteiger partial charge in [-0.05, 0) is 42.7 Å². The van der Waals surface area contributed by atoms with Gasteiger partial charge in [-0.2, -0.15) is 13.2 Å². The number of carbonyl (C=O) groups excluding carboxylic acids is 1. The highest BCUT2D eigenvalue weighted by Gasteiger charge is 2.32. The fourth-order valence-electron chi connectivity index (χ4n) is 4.36. The summed E-state index contributed by atoms with van der Waals surface area (Å²) in [4.78, 5) is 14.7. The van der Waals surface area contributed by atoms with Crippen LogP contribution in [0, 0.1) is 0 Å². The Kier molecular flexibility index (Phi) is 5.69. The van der Waals surface area contributed by atoms with E-state index in [1.165, 1.54) is 6.07 Å². The maximum absolute atomic E-state index is 13.0. The van der Waals surface area contributed by atoms with Gasteiger partial charge in [0, 0.05) is 18.7 Å². The Morgan fingerprint density at radius 3 is 2.38 bits per heavy atom. The summed E-state index contributed by atoms with van der Waals surface area (Å²) < 4.78 is 40.6. The van der Waals surface area contributed by atoms with E-state index in [2.05, 4.69) is 15.6 Å². The van der Waals surface area contributed by atoms with Gasteiger partial charge >= 0.3 is 12.2 Å². The molecule has 1 aliphatic rings. The Bertz CT molecular complexity index is 1310. The number of rotatable bonds is 3. The van der Waals surface area contributed by atoms with Crippen LogP contribution < -0.4 is 5.32 Å². The zero-order valence-electron chi connectivity index (χ0n) is 18.2. The molecule has 0 unspecified atom stereocenters. The summed E-state index contributed by atoms with van der Waals surface area (Å²) in [5.74, 6) is 0. The van der Waals surface area contributed by atoms with E-state index in [9.17, 15) is 18.0 Å². The van der Waals surface area contributed by atoms with Crippen molar-refractivity contribution in [2.24, 2.45) is 0 Å². The zero-order chi connectivity index (χ0) is 23.7. The van der Waals surface area contributed by atoms with Gasteiger partial charge in [-0.3, -0.25) is 0 Å². The van der Waals surface area contributed by atoms with Crippen molar-refractivity contribution in [3.05, 3.63) is 78.4 Å². The topological polar surface area (TPSA) is 63.1 Å². The van der Waals surface area contributed by atoms with Crippen molar-refractivity contribution < 1.29 is 18.0 Å². The van der Waals surface area contributed by atoms with Crippen LogP contribution in [0.1, 0.15) is 24.4 Å². The maximum atomic E-state index is 13.0. The first-order chi connectivity index (χ1) is 16.4. The summed E-state index contributed by atoms with van der Waals surface area (Å²) in [6, 6.07) is 20.8. The predicted octanol–water partition coefficient (Wildman–Crippen LogP) is 5.99. The number of nitrogens with one attached hydrogen (secondary N) is 1. The minimum atomic E-state index is -4.42. The molecule has 0 bridgehead atoms. The molecule has 5 rings (SSSR count). The van der Waals surface area contributed by atoms with E-state index in [1.54, 1.807) is 9.58 Å². The van der Waals surface area contributed by atoms with Crippen LogP contribution in [-0.4, -0.2) is 39.0 Å². The van der Waals surface area contributed by atoms with Crippen LogP contribution in [0.3, 0.4) is 0 Å². The van der Waals surface area contributed by atoms with E-state index in [0.29, 0.717) is 31.4 Å². The standard InChI is InChI=1S/C25H22F3N5O/c26-25(27,28)18-10-11-23-22(16-18)30-31-33(23)19-12-14-32(15-13-19)24(34)29-21-9-5-4-8-20(21)17-6-2-1-3-7-17/h1-11,16,19H,12-15H2,(H,29,34). The van der Waals surface area contributed by atoms with Crippen molar-refractivity contribution >= 4 is 22.8 Å². The maximum Gasteiger partial charge on any atom is 0.416 e. The normalized spacial score (nSPS) is 15.0. The van der Waals surface area contributed by atoms with Gasteiger partial charge in [0.1, 0.15) is 5.52 Å². The number of piperidine rings is 1. The molecule has 1 saturated heterocycles. The zero-order valence-corrected chi connectivity index (χ0v) is 18.2. The van der Waals surface area contributed by atoms with Crippen molar-refractivity contribution in [1.29, 1.82) is 0 Å². The summed E-state index contributed by atoms with van der Waals surface area (Å²) >= 11 is 0. The van der Waals surface area contributed by atoms with Crippen molar-refractivity contribution in [3.8, 4) is 11.1 Å². The van der Waals surface area contributed by atoms with Gasteiger partial charge in [-0.15, -0.1) is 5.10 Å². The lowest BCUT2D eigenvalue weighted by Crippen LogP contribution is -2.41. The van der Waals surface area contributed by atoms with Crippen LogP contribution in [-0.2, 0) is 6.18 Å². The summed E-state index contributed by atoms with van der Waals surface area (Å²) in [6.45, 7) is 1.01. The Hall–Kier alpha value is -3.88. The van der Waals surface area contributed by atoms with Crippen LogP contribution in [0.25, 0.3) is 22.2 Å². The number of likely N-dealkylation sites (tertiary alicyclic amines) is 1. The molecule has 34 heavy (non-hydrogen) atoms. The smallest absolute Gasteiger partial charge is 0.324 e. The summed E-state index contributed by atoms with van der Waals surface area (Å²) in [7, 11) is 0. The second-order valence-electron chi connectivity index (χ2n) is 8.30. The number of hydrogen-bond donors (Lipinski definition) is 1. The molecule has 0 radical (unpaired) electrons. The second-order valence-corrected chi connectivity index (χ2v) is 8.30. The number of hydrogen-bond acceptors (Lipinski definition) is 3. The monoisotopic (exact) mass is 465 g/mol. The average Bonchev–Trinajstić information content (AvgIpc) is 3.28. The Morgan fingerprint density at radius 2 is 1.65 bits per heavy atom. The molecule has 0 saturated carbocycles. The summed E-state index contributed by atoms with van der Waals surface area (Å²) in [5, 5.41) is 11.1. The number of alkyl halides is 3. The van der Waals surface area contributed by atoms with Crippen LogP contribution in [0.4, 0.5) is 23.7 Å². The number of fused-ring (bicyclic) bond motifs is 1. The van der Waals surface area contributed by atoms with Gasteiger partial charge in [0.05, 0.1) is 22.8 Å². The van der Waals surface area contributed by atoms with Gasteiger partial charge < -0.3 is 10.2 Å². The molecular weight excluding hydrogens is 443 g/mol. The van der Waals surface area contributed by atoms with Crippen molar-refractivity contribution in [1.82, 2.24) is 19.9 Å². The number of nitrogens with zero attached hydrogens (tertiary/aromatic N) is 4. The summed E-state index contributed by atoms with van der Waals surface area (Å²) in [5.41, 5.74) is 2.74. The quantitative estimate of drug-likeness (QED) is 0.405. The third-order valence-electron chi connectivity index (χ3n) is 6.15. The molecule has 2 amide bonds. The predicted molar refractivity (Wildman–Crippen MR) is 123 cm³/mol. The minimum absolute atomic E-state index is 0.0395. The number of anilines is 1. The largest absolute Gasteiger partial charge is 0.416 e. The van der Waals surface area contributed by atoms with E-state index < -0.39 is 11.7 Å². The Morgan fingerprint density at radius 1 is 0.941 bits per heavy atom. The molecule has 1 aromatic heterocycles. The molecule has 3 aromatic carbocycles. The molecule has 9 heteroatoms. The minimum Gasteiger partial charge on any atom is -0.324 e. The number of amides is 2. The molecule has 6 nitrogen and oxygen atoms in total. The number of urea groups is 1. The highest BCUT2D eigenvalue weighted by Crippen LogP contribution is 2.33. The fraction of sp³-hybridized carbons (Fsp3) is 0.240. The number of aromatic nitrogens is 3. The lowest BCUT2D eigenvalue weighted by molar-refractivity contribution is -0.137. The van der Waals surface area contributed by atoms with E-state index in [1.807, 2.05) is 54.6 Å². The molecule has 0 atom stereocenters. The van der Waals surface area contributed by atoms with Crippen molar-refractivity contribution in [2.45, 2.75) is 25.1 Å². The van der Waals surface area contributed by atoms with E-state index >= 15 is 0 Å². The van der Waals surface area contributed by atoms with Gasteiger partial charge in [0.15, 0.2) is 0 Å². The number of halogens is 3. The first kappa shape index (κ1) is 21.9.